The molecule has 8 nitrogen and oxygen atoms in total. The Morgan fingerprint density at radius 1 is 1.14 bits per heavy atom. The van der Waals surface area contributed by atoms with E-state index in [2.05, 4.69) is 4.98 Å². The van der Waals surface area contributed by atoms with Crippen molar-refractivity contribution in [3.63, 3.8) is 0 Å². The molecule has 2 aliphatic rings. The minimum atomic E-state index is -1.12. The zero-order valence-corrected chi connectivity index (χ0v) is 20.6. The number of hydrogen-bond donors (Lipinski definition) is 3. The zero-order chi connectivity index (χ0) is 24.8. The molecule has 0 bridgehead atoms. The monoisotopic (exact) mass is 482 g/mol. The minimum absolute atomic E-state index is 0.110. The number of unbranched alkanes of at least 4 members (excludes halogenated alkanes) is 1. The van der Waals surface area contributed by atoms with Crippen LogP contribution in [0.3, 0.4) is 0 Å². The Labute approximate surface area is 207 Å². The van der Waals surface area contributed by atoms with Gasteiger partial charge in [-0.05, 0) is 49.8 Å². The lowest BCUT2D eigenvalue weighted by molar-refractivity contribution is -0.0572. The lowest BCUT2D eigenvalue weighted by Crippen LogP contribution is -2.52. The Morgan fingerprint density at radius 2 is 1.94 bits per heavy atom. The molecule has 2 fully saturated rings. The van der Waals surface area contributed by atoms with Crippen molar-refractivity contribution in [2.75, 3.05) is 39.9 Å². The van der Waals surface area contributed by atoms with Crippen LogP contribution in [0.25, 0.3) is 11.3 Å². The van der Waals surface area contributed by atoms with Gasteiger partial charge in [0, 0.05) is 63.6 Å². The molecule has 4 rings (SSSR count). The predicted molar refractivity (Wildman–Crippen MR) is 135 cm³/mol. The number of carbonyl (C=O) groups excluding carboxylic acids is 1. The third-order valence-corrected chi connectivity index (χ3v) is 7.46. The fourth-order valence-electron chi connectivity index (χ4n) is 5.51. The first-order chi connectivity index (χ1) is 16.9. The van der Waals surface area contributed by atoms with Gasteiger partial charge in [0.2, 0.25) is 0 Å². The first-order valence-electron chi connectivity index (χ1n) is 12.6. The van der Waals surface area contributed by atoms with E-state index in [9.17, 15) is 15.0 Å². The molecular weight excluding hydrogens is 444 g/mol. The molecule has 190 valence electrons. The summed E-state index contributed by atoms with van der Waals surface area (Å²) >= 11 is 0. The number of aliphatic hydroxyl groups is 2. The van der Waals surface area contributed by atoms with Gasteiger partial charge in [0.05, 0.1) is 17.4 Å². The van der Waals surface area contributed by atoms with Crippen molar-refractivity contribution in [1.82, 2.24) is 14.8 Å². The van der Waals surface area contributed by atoms with Crippen LogP contribution in [0.4, 0.5) is 4.79 Å². The number of ether oxygens (including phenoxy) is 1. The normalized spacial score (nSPS) is 24.4. The van der Waals surface area contributed by atoms with E-state index in [0.29, 0.717) is 32.7 Å². The maximum Gasteiger partial charge on any atom is 0.320 e. The van der Waals surface area contributed by atoms with Crippen molar-refractivity contribution in [2.45, 2.75) is 49.9 Å². The van der Waals surface area contributed by atoms with Crippen LogP contribution in [0.1, 0.15) is 37.7 Å². The Morgan fingerprint density at radius 3 is 2.66 bits per heavy atom. The molecule has 1 aromatic carbocycles. The number of carbonyl (C=O) groups is 1. The topological polar surface area (TPSA) is 112 Å². The number of pyridine rings is 1. The molecule has 8 heteroatoms. The van der Waals surface area contributed by atoms with E-state index in [4.69, 9.17) is 10.5 Å². The van der Waals surface area contributed by atoms with Crippen molar-refractivity contribution in [3.8, 4) is 11.3 Å². The second-order valence-corrected chi connectivity index (χ2v) is 9.84. The molecule has 0 radical (unpaired) electrons. The maximum atomic E-state index is 13.3. The van der Waals surface area contributed by atoms with Crippen LogP contribution in [-0.2, 0) is 10.3 Å². The predicted octanol–water partition coefficient (Wildman–Crippen LogP) is 2.59. The minimum Gasteiger partial charge on any atom is -0.390 e. The summed E-state index contributed by atoms with van der Waals surface area (Å²) in [6.07, 6.45) is 4.93. The van der Waals surface area contributed by atoms with Crippen LogP contribution in [-0.4, -0.2) is 83.1 Å². The van der Waals surface area contributed by atoms with Gasteiger partial charge < -0.3 is 30.5 Å². The third kappa shape index (κ3) is 5.67. The number of methoxy groups -OCH3 is 1. The molecule has 0 aliphatic carbocycles. The molecule has 0 saturated carbocycles. The first kappa shape index (κ1) is 25.6. The van der Waals surface area contributed by atoms with Gasteiger partial charge in [0.1, 0.15) is 0 Å². The van der Waals surface area contributed by atoms with Crippen LogP contribution < -0.4 is 5.73 Å². The van der Waals surface area contributed by atoms with Crippen LogP contribution in [0.5, 0.6) is 0 Å². The molecule has 2 aliphatic heterocycles. The molecule has 2 amide bonds. The van der Waals surface area contributed by atoms with Gasteiger partial charge in [-0.15, -0.1) is 0 Å². The number of nitrogens with two attached hydrogens (primary N) is 1. The van der Waals surface area contributed by atoms with Crippen LogP contribution >= 0.6 is 0 Å². The highest BCUT2D eigenvalue weighted by Crippen LogP contribution is 2.43. The summed E-state index contributed by atoms with van der Waals surface area (Å²) in [5, 5.41) is 22.4. The van der Waals surface area contributed by atoms with Crippen LogP contribution in [0.2, 0.25) is 0 Å². The Hall–Kier alpha value is -2.52. The Kier molecular flexibility index (Phi) is 8.38. The van der Waals surface area contributed by atoms with Gasteiger partial charge in [0.15, 0.2) is 0 Å². The second kappa shape index (κ2) is 11.5. The molecule has 0 spiro atoms. The highest BCUT2D eigenvalue weighted by Gasteiger charge is 2.43. The number of rotatable bonds is 8. The van der Waals surface area contributed by atoms with E-state index in [0.717, 1.165) is 42.5 Å². The van der Waals surface area contributed by atoms with Crippen molar-refractivity contribution in [1.29, 1.82) is 0 Å². The molecule has 35 heavy (non-hydrogen) atoms. The number of nitrogens with zero attached hydrogens (tertiary/aromatic N) is 3. The molecule has 3 heterocycles. The van der Waals surface area contributed by atoms with Gasteiger partial charge in [-0.2, -0.15) is 0 Å². The number of aliphatic hydroxyl groups excluding tert-OH is 1. The van der Waals surface area contributed by atoms with E-state index in [1.165, 1.54) is 0 Å². The van der Waals surface area contributed by atoms with Crippen molar-refractivity contribution in [3.05, 3.63) is 54.2 Å². The maximum absolute atomic E-state index is 13.3. The number of benzene rings is 1. The fraction of sp³-hybridized carbons (Fsp3) is 0.556. The number of hydrogen-bond acceptors (Lipinski definition) is 6. The van der Waals surface area contributed by atoms with E-state index in [1.807, 2.05) is 47.4 Å². The van der Waals surface area contributed by atoms with Crippen LogP contribution in [0.15, 0.2) is 48.7 Å². The van der Waals surface area contributed by atoms with Gasteiger partial charge in [-0.25, -0.2) is 4.79 Å². The highest BCUT2D eigenvalue weighted by atomic mass is 16.5. The summed E-state index contributed by atoms with van der Waals surface area (Å²) in [7, 11) is 1.69. The zero-order valence-electron chi connectivity index (χ0n) is 20.6. The SMILES string of the molecule is COCCCCC(O)(c1ccccc1-c1ccccn1)C1CCCN(C(=O)N2CC(N)C(O)C2)C1. The third-order valence-electron chi connectivity index (χ3n) is 7.46. The van der Waals surface area contributed by atoms with Crippen LogP contribution in [0, 0.1) is 5.92 Å². The molecule has 2 saturated heterocycles. The highest BCUT2D eigenvalue weighted by molar-refractivity contribution is 5.75. The smallest absolute Gasteiger partial charge is 0.320 e. The molecule has 1 aromatic heterocycles. The van der Waals surface area contributed by atoms with Crippen molar-refractivity contribution in [2.24, 2.45) is 11.7 Å². The molecular formula is C27H38N4O4. The second-order valence-electron chi connectivity index (χ2n) is 9.84. The Bertz CT molecular complexity index is 965. The van der Waals surface area contributed by atoms with E-state index < -0.39 is 17.7 Å². The first-order valence-corrected chi connectivity index (χ1v) is 12.6. The number of urea groups is 1. The van der Waals surface area contributed by atoms with E-state index >= 15 is 0 Å². The summed E-state index contributed by atoms with van der Waals surface area (Å²) in [4.78, 5) is 21.3. The average Bonchev–Trinajstić information content (AvgIpc) is 3.24. The summed E-state index contributed by atoms with van der Waals surface area (Å²) in [6.45, 7) is 2.34. The summed E-state index contributed by atoms with van der Waals surface area (Å²) in [6, 6.07) is 13.2. The van der Waals surface area contributed by atoms with Gasteiger partial charge >= 0.3 is 6.03 Å². The average molecular weight is 483 g/mol. The fourth-order valence-corrected chi connectivity index (χ4v) is 5.51. The molecule has 4 N–H and O–H groups in total. The Balaban J connectivity index is 1.62. The number of amides is 2. The van der Waals surface area contributed by atoms with Gasteiger partial charge in [0.25, 0.3) is 0 Å². The molecule has 4 atom stereocenters. The number of aromatic nitrogens is 1. The van der Waals surface area contributed by atoms with Crippen molar-refractivity contribution < 1.29 is 19.7 Å². The number of piperidine rings is 1. The molecule has 2 aromatic rings. The summed E-state index contributed by atoms with van der Waals surface area (Å²) in [5.74, 6) is -0.131. The number of likely N-dealkylation sites (tertiary alicyclic amines) is 2. The quantitative estimate of drug-likeness (QED) is 0.499. The molecule has 4 unspecified atom stereocenters. The lowest BCUT2D eigenvalue weighted by atomic mass is 9.72. The number of β-amino-alcohol motifs (C(OH)–C–C–N with tert-alkyl or cyclic N) is 1. The lowest BCUT2D eigenvalue weighted by Gasteiger charge is -2.44. The van der Waals surface area contributed by atoms with Crippen molar-refractivity contribution >= 4 is 6.03 Å². The van der Waals surface area contributed by atoms with Gasteiger partial charge in [-0.1, -0.05) is 30.3 Å². The standard InChI is InChI=1S/C27H38N4O4/c1-35-16-7-5-13-27(34,22-11-3-2-10-21(22)24-12-4-6-14-29-24)20-9-8-15-30(17-20)26(33)31-18-23(28)25(32)19-31/h2-4,6,10-12,14,20,23,25,32,34H,5,7-9,13,15-19,28H2,1H3. The van der Waals surface area contributed by atoms with Gasteiger partial charge in [-0.3, -0.25) is 4.98 Å². The summed E-state index contributed by atoms with van der Waals surface area (Å²) < 4.78 is 5.24. The largest absolute Gasteiger partial charge is 0.390 e. The van der Waals surface area contributed by atoms with E-state index in [-0.39, 0.29) is 18.5 Å². The van der Waals surface area contributed by atoms with E-state index in [1.54, 1.807) is 18.2 Å². The summed E-state index contributed by atoms with van der Waals surface area (Å²) in [5.41, 5.74) is 7.41.